The zero-order chi connectivity index (χ0) is 51.4. The van der Waals surface area contributed by atoms with Crippen LogP contribution in [-0.4, -0.2) is 47.4 Å². The fourth-order valence-electron chi connectivity index (χ4n) is 9.48. The molecular weight excluding hydrogens is 875 g/mol. The number of allylic oxidation sites excluding steroid dienone is 7. The zero-order valence-corrected chi connectivity index (χ0v) is 47.5. The molecule has 0 heterocycles. The molecule has 2 atom stereocenters. The van der Waals surface area contributed by atoms with Gasteiger partial charge in [0.15, 0.2) is 0 Å². The van der Waals surface area contributed by atoms with Crippen LogP contribution in [0.15, 0.2) is 48.6 Å². The first-order chi connectivity index (χ1) is 35.0. The van der Waals surface area contributed by atoms with Crippen LogP contribution in [0.5, 0.6) is 0 Å². The lowest BCUT2D eigenvalue weighted by Gasteiger charge is -2.20. The summed E-state index contributed by atoms with van der Waals surface area (Å²) in [6.45, 7) is 4.89. The van der Waals surface area contributed by atoms with Crippen molar-refractivity contribution in [2.75, 3.05) is 13.2 Å². The van der Waals surface area contributed by atoms with Gasteiger partial charge in [0.2, 0.25) is 5.91 Å². The van der Waals surface area contributed by atoms with Gasteiger partial charge in [-0.1, -0.05) is 274 Å². The molecule has 416 valence electrons. The number of aliphatic hydroxyl groups excluding tert-OH is 2. The minimum atomic E-state index is -0.846. The lowest BCUT2D eigenvalue weighted by atomic mass is 10.0. The summed E-state index contributed by atoms with van der Waals surface area (Å²) < 4.78 is 5.48. The minimum Gasteiger partial charge on any atom is -0.466 e. The molecule has 0 radical (unpaired) electrons. The van der Waals surface area contributed by atoms with E-state index < -0.39 is 12.1 Å². The van der Waals surface area contributed by atoms with E-state index in [4.69, 9.17) is 4.74 Å². The molecule has 1 amide bonds. The molecule has 0 fully saturated rings. The maximum Gasteiger partial charge on any atom is 0.305 e. The van der Waals surface area contributed by atoms with Crippen molar-refractivity contribution in [2.45, 2.75) is 341 Å². The summed E-state index contributed by atoms with van der Waals surface area (Å²) in [5, 5.41) is 23.0. The Morgan fingerprint density at radius 1 is 0.394 bits per heavy atom. The number of nitrogens with one attached hydrogen (secondary N) is 1. The number of carbonyl (C=O) groups is 2. The SMILES string of the molecule is CCCCCCCCC/C=C\CCCCCCCC(=O)OCCCCCCCCCCC/C=C\C/C=C\CCCCCCCCCCCCCC(=O)NC(CO)C(O)/C=C/CCCCCCCCCCC. The molecule has 0 aromatic carbocycles. The van der Waals surface area contributed by atoms with Crippen LogP contribution in [0.1, 0.15) is 328 Å². The van der Waals surface area contributed by atoms with E-state index in [1.165, 1.54) is 250 Å². The predicted molar refractivity (Wildman–Crippen MR) is 310 cm³/mol. The molecule has 0 saturated heterocycles. The van der Waals surface area contributed by atoms with Gasteiger partial charge in [-0.2, -0.15) is 0 Å². The van der Waals surface area contributed by atoms with Gasteiger partial charge in [-0.25, -0.2) is 0 Å². The van der Waals surface area contributed by atoms with Crippen LogP contribution in [0.4, 0.5) is 0 Å². The van der Waals surface area contributed by atoms with Gasteiger partial charge in [0, 0.05) is 12.8 Å². The number of hydrogen-bond donors (Lipinski definition) is 3. The molecule has 0 bridgehead atoms. The van der Waals surface area contributed by atoms with Gasteiger partial charge in [-0.05, 0) is 89.9 Å². The highest BCUT2D eigenvalue weighted by atomic mass is 16.5. The van der Waals surface area contributed by atoms with E-state index >= 15 is 0 Å². The third kappa shape index (κ3) is 57.0. The average molecular weight is 997 g/mol. The Morgan fingerprint density at radius 3 is 1.08 bits per heavy atom. The van der Waals surface area contributed by atoms with E-state index in [9.17, 15) is 19.8 Å². The number of carbonyl (C=O) groups excluding carboxylic acids is 2. The van der Waals surface area contributed by atoms with Crippen molar-refractivity contribution in [1.29, 1.82) is 0 Å². The number of aliphatic hydroxyl groups is 2. The fraction of sp³-hybridized carbons (Fsp3) is 0.846. The summed E-state index contributed by atoms with van der Waals surface area (Å²) in [6.07, 6.45) is 77.3. The molecule has 6 nitrogen and oxygen atoms in total. The first kappa shape index (κ1) is 68.8. The monoisotopic (exact) mass is 996 g/mol. The van der Waals surface area contributed by atoms with Crippen LogP contribution in [-0.2, 0) is 14.3 Å². The maximum atomic E-state index is 12.4. The third-order valence-corrected chi connectivity index (χ3v) is 14.3. The van der Waals surface area contributed by atoms with Crippen LogP contribution in [0.3, 0.4) is 0 Å². The zero-order valence-electron chi connectivity index (χ0n) is 47.5. The highest BCUT2D eigenvalue weighted by Crippen LogP contribution is 2.16. The second kappa shape index (κ2) is 60.4. The molecule has 3 N–H and O–H groups in total. The molecule has 0 aliphatic carbocycles. The Hall–Kier alpha value is -2.18. The Bertz CT molecular complexity index is 1190. The van der Waals surface area contributed by atoms with E-state index in [1.54, 1.807) is 6.08 Å². The van der Waals surface area contributed by atoms with Crippen molar-refractivity contribution in [2.24, 2.45) is 0 Å². The Balaban J connectivity index is 3.42. The second-order valence-electron chi connectivity index (χ2n) is 21.4. The lowest BCUT2D eigenvalue weighted by molar-refractivity contribution is -0.143. The molecule has 2 unspecified atom stereocenters. The van der Waals surface area contributed by atoms with Crippen LogP contribution < -0.4 is 5.32 Å². The van der Waals surface area contributed by atoms with Gasteiger partial charge < -0.3 is 20.3 Å². The molecule has 0 spiro atoms. The topological polar surface area (TPSA) is 95.9 Å². The average Bonchev–Trinajstić information content (AvgIpc) is 3.37. The lowest BCUT2D eigenvalue weighted by Crippen LogP contribution is -2.45. The molecule has 0 saturated carbocycles. The van der Waals surface area contributed by atoms with E-state index in [-0.39, 0.29) is 18.5 Å². The van der Waals surface area contributed by atoms with E-state index in [2.05, 4.69) is 55.6 Å². The van der Waals surface area contributed by atoms with Crippen LogP contribution in [0, 0.1) is 0 Å². The van der Waals surface area contributed by atoms with Gasteiger partial charge in [-0.15, -0.1) is 0 Å². The molecule has 0 aliphatic heterocycles. The second-order valence-corrected chi connectivity index (χ2v) is 21.4. The summed E-state index contributed by atoms with van der Waals surface area (Å²) in [5.74, 6) is -0.0700. The Morgan fingerprint density at radius 2 is 0.704 bits per heavy atom. The summed E-state index contributed by atoms with van der Waals surface area (Å²) in [5.41, 5.74) is 0. The third-order valence-electron chi connectivity index (χ3n) is 14.3. The number of hydrogen-bond acceptors (Lipinski definition) is 5. The quantitative estimate of drug-likeness (QED) is 0.0321. The van der Waals surface area contributed by atoms with Gasteiger partial charge >= 0.3 is 5.97 Å². The number of esters is 1. The predicted octanol–water partition coefficient (Wildman–Crippen LogP) is 19.7. The van der Waals surface area contributed by atoms with Crippen LogP contribution >= 0.6 is 0 Å². The van der Waals surface area contributed by atoms with Crippen molar-refractivity contribution < 1.29 is 24.5 Å². The maximum absolute atomic E-state index is 12.4. The van der Waals surface area contributed by atoms with E-state index in [1.807, 2.05) is 6.08 Å². The highest BCUT2D eigenvalue weighted by molar-refractivity contribution is 5.76. The van der Waals surface area contributed by atoms with Crippen LogP contribution in [0.25, 0.3) is 0 Å². The van der Waals surface area contributed by atoms with Crippen molar-refractivity contribution in [3.05, 3.63) is 48.6 Å². The van der Waals surface area contributed by atoms with E-state index in [0.29, 0.717) is 19.4 Å². The smallest absolute Gasteiger partial charge is 0.305 e. The number of unbranched alkanes of at least 4 members (excludes halogenated alkanes) is 41. The number of ether oxygens (including phenoxy) is 1. The minimum absolute atomic E-state index is 0.00251. The molecule has 0 aromatic rings. The summed E-state index contributed by atoms with van der Waals surface area (Å²) in [4.78, 5) is 24.5. The van der Waals surface area contributed by atoms with Crippen molar-refractivity contribution in [3.63, 3.8) is 0 Å². The van der Waals surface area contributed by atoms with Crippen molar-refractivity contribution >= 4 is 11.9 Å². The molecule has 6 heteroatoms. The van der Waals surface area contributed by atoms with Crippen LogP contribution in [0.2, 0.25) is 0 Å². The van der Waals surface area contributed by atoms with E-state index in [0.717, 1.165) is 51.4 Å². The van der Waals surface area contributed by atoms with Crippen molar-refractivity contribution in [1.82, 2.24) is 5.32 Å². The number of rotatable bonds is 58. The van der Waals surface area contributed by atoms with Gasteiger partial charge in [0.1, 0.15) is 0 Å². The normalized spacial score (nSPS) is 12.9. The molecule has 0 aliphatic rings. The molecule has 71 heavy (non-hydrogen) atoms. The van der Waals surface area contributed by atoms with Gasteiger partial charge in [0.25, 0.3) is 0 Å². The summed E-state index contributed by atoms with van der Waals surface area (Å²) >= 11 is 0. The number of amides is 1. The fourth-order valence-corrected chi connectivity index (χ4v) is 9.48. The largest absolute Gasteiger partial charge is 0.466 e. The standard InChI is InChI=1S/C65H121NO5/c1-3-5-7-9-11-13-15-16-17-32-35-39-43-47-51-55-59-65(70)71-60-56-52-48-44-40-36-33-30-28-26-24-22-20-18-19-21-23-25-27-29-31-34-38-42-46-50-54-58-64(69)66-62(61-67)63(68)57-53-49-45-41-37-14-12-10-8-6-4-2/h17-19,22,24,32,53,57,62-63,67-68H,3-16,20-21,23,25-31,33-52,54-56,58-61H2,1-2H3,(H,66,69)/b19-18-,24-22-,32-17-,57-53+. The van der Waals surface area contributed by atoms with Gasteiger partial charge in [-0.3, -0.25) is 9.59 Å². The molecule has 0 rings (SSSR count). The van der Waals surface area contributed by atoms with Gasteiger partial charge in [0.05, 0.1) is 25.4 Å². The highest BCUT2D eigenvalue weighted by Gasteiger charge is 2.18. The summed E-state index contributed by atoms with van der Waals surface area (Å²) in [6, 6.07) is -0.629. The Labute approximate surface area is 442 Å². The molecular formula is C65H121NO5. The van der Waals surface area contributed by atoms with Crippen molar-refractivity contribution in [3.8, 4) is 0 Å². The molecule has 0 aromatic heterocycles. The summed E-state index contributed by atoms with van der Waals surface area (Å²) in [7, 11) is 0. The Kier molecular flexibility index (Phi) is 58.5. The first-order valence-corrected chi connectivity index (χ1v) is 31.4. The first-order valence-electron chi connectivity index (χ1n) is 31.4.